The summed E-state index contributed by atoms with van der Waals surface area (Å²) in [5.41, 5.74) is 5.53. The Kier molecular flexibility index (Phi) is 4.20. The van der Waals surface area contributed by atoms with E-state index in [1.54, 1.807) is 0 Å². The first-order chi connectivity index (χ1) is 5.65. The van der Waals surface area contributed by atoms with Gasteiger partial charge in [-0.25, -0.2) is 9.18 Å². The minimum Gasteiger partial charge on any atom is -0.465 e. The highest BCUT2D eigenvalue weighted by atomic mass is 35.5. The molecule has 3 nitrogen and oxygen atoms in total. The number of esters is 1. The van der Waals surface area contributed by atoms with Gasteiger partial charge in [0.15, 0.2) is 0 Å². The smallest absolute Gasteiger partial charge is 0.340 e. The molecule has 1 aromatic carbocycles. The Bertz CT molecular complexity index is 317. The molecular weight excluding hydrogens is 197 g/mol. The number of hydrogen-bond acceptors (Lipinski definition) is 3. The van der Waals surface area contributed by atoms with Crippen LogP contribution in [0.4, 0.5) is 10.1 Å². The van der Waals surface area contributed by atoms with E-state index >= 15 is 0 Å². The Labute approximate surface area is 81.1 Å². The minimum atomic E-state index is -0.722. The third-order valence-electron chi connectivity index (χ3n) is 1.40. The number of carbonyl (C=O) groups is 1. The molecule has 0 unspecified atom stereocenters. The molecule has 0 spiro atoms. The number of benzene rings is 1. The van der Waals surface area contributed by atoms with Crippen molar-refractivity contribution in [3.8, 4) is 0 Å². The number of hydrogen-bond donors (Lipinski definition) is 1. The Morgan fingerprint density at radius 3 is 2.69 bits per heavy atom. The molecule has 0 aliphatic heterocycles. The van der Waals surface area contributed by atoms with Gasteiger partial charge in [0.25, 0.3) is 0 Å². The number of nitrogen functional groups attached to an aromatic ring is 1. The van der Waals surface area contributed by atoms with Gasteiger partial charge in [0, 0.05) is 5.69 Å². The van der Waals surface area contributed by atoms with Crippen LogP contribution in [0.15, 0.2) is 18.2 Å². The topological polar surface area (TPSA) is 52.3 Å². The van der Waals surface area contributed by atoms with Gasteiger partial charge in [0.05, 0.1) is 12.7 Å². The fourth-order valence-electron chi connectivity index (χ4n) is 0.809. The molecule has 0 saturated carbocycles. The van der Waals surface area contributed by atoms with Gasteiger partial charge in [0.2, 0.25) is 0 Å². The zero-order valence-corrected chi connectivity index (χ0v) is 7.73. The summed E-state index contributed by atoms with van der Waals surface area (Å²) in [5.74, 6) is -1.35. The van der Waals surface area contributed by atoms with Crippen molar-refractivity contribution in [2.45, 2.75) is 0 Å². The molecule has 0 heterocycles. The van der Waals surface area contributed by atoms with Gasteiger partial charge in [-0.1, -0.05) is 0 Å². The number of nitrogens with two attached hydrogens (primary N) is 1. The second-order valence-corrected chi connectivity index (χ2v) is 2.23. The van der Waals surface area contributed by atoms with E-state index in [1.165, 1.54) is 19.2 Å². The summed E-state index contributed by atoms with van der Waals surface area (Å²) in [6.07, 6.45) is 0. The molecule has 0 aliphatic carbocycles. The van der Waals surface area contributed by atoms with E-state index < -0.39 is 11.8 Å². The van der Waals surface area contributed by atoms with E-state index in [4.69, 9.17) is 5.73 Å². The van der Waals surface area contributed by atoms with Crippen molar-refractivity contribution in [3.05, 3.63) is 29.6 Å². The number of ether oxygens (including phenoxy) is 1. The van der Waals surface area contributed by atoms with E-state index in [-0.39, 0.29) is 18.0 Å². The molecular formula is C8H9ClFNO2. The monoisotopic (exact) mass is 205 g/mol. The lowest BCUT2D eigenvalue weighted by Crippen LogP contribution is -2.04. The maximum atomic E-state index is 12.9. The Balaban J connectivity index is 0.00000144. The average Bonchev–Trinajstić information content (AvgIpc) is 2.08. The molecule has 0 amide bonds. The summed E-state index contributed by atoms with van der Waals surface area (Å²) in [6, 6.07) is 3.74. The van der Waals surface area contributed by atoms with Crippen molar-refractivity contribution < 1.29 is 13.9 Å². The van der Waals surface area contributed by atoms with Crippen molar-refractivity contribution in [1.29, 1.82) is 0 Å². The highest BCUT2D eigenvalue weighted by Crippen LogP contribution is 2.12. The maximum absolute atomic E-state index is 12.9. The fraction of sp³-hybridized carbons (Fsp3) is 0.125. The standard InChI is InChI=1S/C8H8FNO2.ClH/c1-12-8(11)6-4-5(10)2-3-7(6)9;/h2-4H,10H2,1H3;1H. The first-order valence-electron chi connectivity index (χ1n) is 3.28. The second-order valence-electron chi connectivity index (χ2n) is 2.23. The van der Waals surface area contributed by atoms with E-state index in [0.29, 0.717) is 5.69 Å². The quantitative estimate of drug-likeness (QED) is 0.560. The molecule has 0 fully saturated rings. The zero-order valence-electron chi connectivity index (χ0n) is 6.91. The lowest BCUT2D eigenvalue weighted by Gasteiger charge is -2.01. The van der Waals surface area contributed by atoms with Crippen LogP contribution in [0, 0.1) is 5.82 Å². The van der Waals surface area contributed by atoms with Crippen LogP contribution >= 0.6 is 12.4 Å². The Hall–Kier alpha value is -1.29. The molecule has 0 saturated heterocycles. The molecule has 13 heavy (non-hydrogen) atoms. The van der Waals surface area contributed by atoms with Crippen LogP contribution in [0.3, 0.4) is 0 Å². The first-order valence-corrected chi connectivity index (χ1v) is 3.28. The van der Waals surface area contributed by atoms with Gasteiger partial charge in [0.1, 0.15) is 5.82 Å². The zero-order chi connectivity index (χ0) is 9.14. The van der Waals surface area contributed by atoms with Gasteiger partial charge in [-0.2, -0.15) is 0 Å². The molecule has 5 heteroatoms. The van der Waals surface area contributed by atoms with Crippen molar-refractivity contribution in [1.82, 2.24) is 0 Å². The van der Waals surface area contributed by atoms with Crippen LogP contribution in [0.2, 0.25) is 0 Å². The van der Waals surface area contributed by atoms with Crippen LogP contribution in [0.25, 0.3) is 0 Å². The largest absolute Gasteiger partial charge is 0.465 e. The van der Waals surface area contributed by atoms with Gasteiger partial charge >= 0.3 is 5.97 Å². The van der Waals surface area contributed by atoms with Crippen LogP contribution in [0.5, 0.6) is 0 Å². The minimum absolute atomic E-state index is 0. The number of carbonyl (C=O) groups excluding carboxylic acids is 1. The van der Waals surface area contributed by atoms with Crippen LogP contribution in [-0.4, -0.2) is 13.1 Å². The normalized spacial score (nSPS) is 8.77. The first kappa shape index (κ1) is 11.7. The van der Waals surface area contributed by atoms with E-state index in [2.05, 4.69) is 4.74 Å². The van der Waals surface area contributed by atoms with Crippen LogP contribution < -0.4 is 5.73 Å². The summed E-state index contributed by atoms with van der Waals surface area (Å²) < 4.78 is 17.2. The number of halogens is 2. The predicted octanol–water partition coefficient (Wildman–Crippen LogP) is 1.62. The van der Waals surface area contributed by atoms with Gasteiger partial charge in [-0.05, 0) is 18.2 Å². The van der Waals surface area contributed by atoms with Crippen molar-refractivity contribution in [2.75, 3.05) is 12.8 Å². The van der Waals surface area contributed by atoms with Crippen molar-refractivity contribution in [3.63, 3.8) is 0 Å². The van der Waals surface area contributed by atoms with E-state index in [1.807, 2.05) is 0 Å². The Morgan fingerprint density at radius 1 is 1.54 bits per heavy atom. The summed E-state index contributed by atoms with van der Waals surface area (Å²) >= 11 is 0. The molecule has 0 atom stereocenters. The average molecular weight is 206 g/mol. The molecule has 2 N–H and O–H groups in total. The third kappa shape index (κ3) is 2.59. The van der Waals surface area contributed by atoms with Gasteiger partial charge in [-0.15, -0.1) is 12.4 Å². The summed E-state index contributed by atoms with van der Waals surface area (Å²) in [4.78, 5) is 10.9. The SMILES string of the molecule is COC(=O)c1cc(N)ccc1F.Cl. The lowest BCUT2D eigenvalue weighted by molar-refractivity contribution is 0.0595. The second kappa shape index (κ2) is 4.67. The molecule has 0 aromatic heterocycles. The number of anilines is 1. The summed E-state index contributed by atoms with van der Waals surface area (Å²) in [6.45, 7) is 0. The summed E-state index contributed by atoms with van der Waals surface area (Å²) in [5, 5.41) is 0. The highest BCUT2D eigenvalue weighted by Gasteiger charge is 2.11. The maximum Gasteiger partial charge on any atom is 0.340 e. The van der Waals surface area contributed by atoms with Crippen LogP contribution in [0.1, 0.15) is 10.4 Å². The van der Waals surface area contributed by atoms with E-state index in [9.17, 15) is 9.18 Å². The number of rotatable bonds is 1. The number of methoxy groups -OCH3 is 1. The van der Waals surface area contributed by atoms with Gasteiger partial charge < -0.3 is 10.5 Å². The fourth-order valence-corrected chi connectivity index (χ4v) is 0.809. The summed E-state index contributed by atoms with van der Waals surface area (Å²) in [7, 11) is 1.19. The molecule has 0 bridgehead atoms. The van der Waals surface area contributed by atoms with Crippen molar-refractivity contribution >= 4 is 24.1 Å². The van der Waals surface area contributed by atoms with Crippen molar-refractivity contribution in [2.24, 2.45) is 0 Å². The van der Waals surface area contributed by atoms with Gasteiger partial charge in [-0.3, -0.25) is 0 Å². The third-order valence-corrected chi connectivity index (χ3v) is 1.40. The van der Waals surface area contributed by atoms with Crippen LogP contribution in [-0.2, 0) is 4.74 Å². The highest BCUT2D eigenvalue weighted by molar-refractivity contribution is 5.90. The molecule has 0 aliphatic rings. The molecule has 0 radical (unpaired) electrons. The predicted molar refractivity (Wildman–Crippen MR) is 49.4 cm³/mol. The molecule has 1 aromatic rings. The lowest BCUT2D eigenvalue weighted by atomic mass is 10.2. The van der Waals surface area contributed by atoms with E-state index in [0.717, 1.165) is 6.07 Å². The molecule has 1 rings (SSSR count). The Morgan fingerprint density at radius 2 is 2.15 bits per heavy atom. The molecule has 72 valence electrons.